The topological polar surface area (TPSA) is 108 Å². The Hall–Kier alpha value is -1.63. The molecule has 0 radical (unpaired) electrons. The third-order valence-electron chi connectivity index (χ3n) is 2.86. The molecule has 98 valence electrons. The number of carbonyl (C=O) groups is 1. The minimum Gasteiger partial charge on any atom is -0.484 e. The fourth-order valence-corrected chi connectivity index (χ4v) is 2.09. The van der Waals surface area contributed by atoms with Crippen LogP contribution in [0.1, 0.15) is 6.92 Å². The Morgan fingerprint density at radius 3 is 2.83 bits per heavy atom. The van der Waals surface area contributed by atoms with Crippen molar-refractivity contribution in [3.05, 3.63) is 10.5 Å². The highest BCUT2D eigenvalue weighted by Crippen LogP contribution is 2.46. The summed E-state index contributed by atoms with van der Waals surface area (Å²) in [7, 11) is 0. The molecule has 0 spiro atoms. The van der Waals surface area contributed by atoms with Gasteiger partial charge in [-0.3, -0.25) is 4.79 Å². The molecule has 0 aliphatic carbocycles. The Balaban J connectivity index is 2.35. The number of fused-ring (bicyclic) bond motifs is 1. The number of carboxylic acid groups (broad SMARTS) is 1. The average Bonchev–Trinajstić information content (AvgIpc) is 2.34. The van der Waals surface area contributed by atoms with Crippen LogP contribution >= 0.6 is 15.9 Å². The molecular weight excluding hydrogens is 304 g/mol. The third-order valence-corrected chi connectivity index (χ3v) is 3.52. The number of nitrogens with two attached hydrogens (primary N) is 2. The highest BCUT2D eigenvalue weighted by molar-refractivity contribution is 9.10. The van der Waals surface area contributed by atoms with Gasteiger partial charge in [-0.1, -0.05) is 0 Å². The van der Waals surface area contributed by atoms with Gasteiger partial charge in [-0.25, -0.2) is 0 Å². The normalized spacial score (nSPS) is 19.3. The summed E-state index contributed by atoms with van der Waals surface area (Å²) in [4.78, 5) is 10.9. The van der Waals surface area contributed by atoms with Crippen molar-refractivity contribution in [2.24, 2.45) is 5.92 Å². The standard InChI is InChI=1S/C11H13BrN2O4/c1-4(11(15)16)7-3-17-10-8(14)5(12)2-6(13)9(10)18-7/h2,4,7H,3,13-14H2,1H3,(H,15,16). The molecule has 7 heteroatoms. The van der Waals surface area contributed by atoms with Gasteiger partial charge in [0.05, 0.1) is 17.3 Å². The molecule has 1 aliphatic heterocycles. The summed E-state index contributed by atoms with van der Waals surface area (Å²) in [6.45, 7) is 1.68. The average molecular weight is 317 g/mol. The fourth-order valence-electron chi connectivity index (χ4n) is 1.66. The molecule has 1 aromatic carbocycles. The number of ether oxygens (including phenoxy) is 2. The Kier molecular flexibility index (Phi) is 3.25. The van der Waals surface area contributed by atoms with E-state index in [1.54, 1.807) is 13.0 Å². The molecule has 0 fully saturated rings. The Morgan fingerprint density at radius 1 is 1.56 bits per heavy atom. The Labute approximate surface area is 112 Å². The monoisotopic (exact) mass is 316 g/mol. The summed E-state index contributed by atoms with van der Waals surface area (Å²) in [5.74, 6) is -0.978. The zero-order valence-electron chi connectivity index (χ0n) is 9.64. The second-order valence-corrected chi connectivity index (χ2v) is 4.97. The highest BCUT2D eigenvalue weighted by atomic mass is 79.9. The first kappa shape index (κ1) is 12.8. The van der Waals surface area contributed by atoms with E-state index in [4.69, 9.17) is 26.0 Å². The van der Waals surface area contributed by atoms with E-state index in [1.807, 2.05) is 0 Å². The lowest BCUT2D eigenvalue weighted by molar-refractivity contribution is -0.145. The van der Waals surface area contributed by atoms with Gasteiger partial charge in [-0.15, -0.1) is 0 Å². The molecule has 0 bridgehead atoms. The van der Waals surface area contributed by atoms with E-state index in [0.717, 1.165) is 0 Å². The molecule has 1 aliphatic rings. The predicted octanol–water partition coefficient (Wildman–Crippen LogP) is 1.47. The quantitative estimate of drug-likeness (QED) is 0.713. The van der Waals surface area contributed by atoms with Crippen LogP contribution in [0.15, 0.2) is 10.5 Å². The van der Waals surface area contributed by atoms with Crippen LogP contribution in [0, 0.1) is 5.92 Å². The van der Waals surface area contributed by atoms with E-state index in [0.29, 0.717) is 27.3 Å². The van der Waals surface area contributed by atoms with Crippen molar-refractivity contribution in [2.75, 3.05) is 18.1 Å². The van der Waals surface area contributed by atoms with E-state index in [9.17, 15) is 4.79 Å². The number of halogens is 1. The van der Waals surface area contributed by atoms with Gasteiger partial charge in [0, 0.05) is 4.47 Å². The van der Waals surface area contributed by atoms with Gasteiger partial charge in [-0.05, 0) is 28.9 Å². The maximum atomic E-state index is 10.9. The van der Waals surface area contributed by atoms with Crippen LogP contribution in [0.2, 0.25) is 0 Å². The van der Waals surface area contributed by atoms with Crippen LogP contribution in [0.4, 0.5) is 11.4 Å². The van der Waals surface area contributed by atoms with Gasteiger partial charge in [0.2, 0.25) is 0 Å². The lowest BCUT2D eigenvalue weighted by Crippen LogP contribution is -2.39. The molecule has 1 aromatic rings. The van der Waals surface area contributed by atoms with Crippen molar-refractivity contribution in [1.29, 1.82) is 0 Å². The highest BCUT2D eigenvalue weighted by Gasteiger charge is 2.33. The minimum atomic E-state index is -0.948. The van der Waals surface area contributed by atoms with E-state index in [1.165, 1.54) is 0 Å². The van der Waals surface area contributed by atoms with Crippen molar-refractivity contribution in [2.45, 2.75) is 13.0 Å². The van der Waals surface area contributed by atoms with Crippen molar-refractivity contribution in [3.63, 3.8) is 0 Å². The van der Waals surface area contributed by atoms with Crippen molar-refractivity contribution in [1.82, 2.24) is 0 Å². The summed E-state index contributed by atoms with van der Waals surface area (Å²) in [6.07, 6.45) is -0.585. The first-order valence-corrected chi connectivity index (χ1v) is 6.10. The van der Waals surface area contributed by atoms with Gasteiger partial charge >= 0.3 is 5.97 Å². The number of hydrogen-bond acceptors (Lipinski definition) is 5. The molecule has 2 unspecified atom stereocenters. The van der Waals surface area contributed by atoms with Gasteiger partial charge in [-0.2, -0.15) is 0 Å². The molecular formula is C11H13BrN2O4. The third kappa shape index (κ3) is 2.05. The minimum absolute atomic E-state index is 0.126. The maximum Gasteiger partial charge on any atom is 0.310 e. The second kappa shape index (κ2) is 4.56. The molecule has 2 rings (SSSR count). The molecule has 0 amide bonds. The Bertz CT molecular complexity index is 506. The van der Waals surface area contributed by atoms with Crippen LogP contribution in [0.25, 0.3) is 0 Å². The molecule has 1 heterocycles. The van der Waals surface area contributed by atoms with E-state index in [2.05, 4.69) is 15.9 Å². The summed E-state index contributed by atoms with van der Waals surface area (Å²) in [6, 6.07) is 1.60. The summed E-state index contributed by atoms with van der Waals surface area (Å²) >= 11 is 3.26. The molecule has 5 N–H and O–H groups in total. The SMILES string of the molecule is CC(C(=O)O)C1COc2c(N)c(Br)cc(N)c2O1. The number of carboxylic acids is 1. The van der Waals surface area contributed by atoms with Crippen LogP contribution in [-0.2, 0) is 4.79 Å². The number of benzene rings is 1. The fraction of sp³-hybridized carbons (Fsp3) is 0.364. The van der Waals surface area contributed by atoms with Gasteiger partial charge in [0.1, 0.15) is 12.7 Å². The van der Waals surface area contributed by atoms with Crippen molar-refractivity contribution in [3.8, 4) is 11.5 Å². The van der Waals surface area contributed by atoms with Gasteiger partial charge in [0.25, 0.3) is 0 Å². The van der Waals surface area contributed by atoms with Crippen LogP contribution in [0.3, 0.4) is 0 Å². The second-order valence-electron chi connectivity index (χ2n) is 4.11. The molecule has 0 saturated carbocycles. The smallest absolute Gasteiger partial charge is 0.310 e. The largest absolute Gasteiger partial charge is 0.484 e. The number of anilines is 2. The van der Waals surface area contributed by atoms with Gasteiger partial charge < -0.3 is 26.0 Å². The first-order chi connectivity index (χ1) is 8.41. The lowest BCUT2D eigenvalue weighted by atomic mass is 10.0. The van der Waals surface area contributed by atoms with Crippen molar-refractivity contribution < 1.29 is 19.4 Å². The maximum absolute atomic E-state index is 10.9. The predicted molar refractivity (Wildman–Crippen MR) is 69.7 cm³/mol. The molecule has 6 nitrogen and oxygen atoms in total. The zero-order chi connectivity index (χ0) is 13.4. The van der Waals surface area contributed by atoms with Crippen LogP contribution in [0.5, 0.6) is 11.5 Å². The number of rotatable bonds is 2. The van der Waals surface area contributed by atoms with E-state index >= 15 is 0 Å². The molecule has 0 saturated heterocycles. The van der Waals surface area contributed by atoms with Gasteiger partial charge in [0.15, 0.2) is 11.5 Å². The number of nitrogen functional groups attached to an aromatic ring is 2. The summed E-state index contributed by atoms with van der Waals surface area (Å²) in [5, 5.41) is 8.95. The summed E-state index contributed by atoms with van der Waals surface area (Å²) in [5.41, 5.74) is 12.4. The van der Waals surface area contributed by atoms with Crippen LogP contribution < -0.4 is 20.9 Å². The van der Waals surface area contributed by atoms with Crippen molar-refractivity contribution >= 4 is 33.3 Å². The van der Waals surface area contributed by atoms with Crippen LogP contribution in [-0.4, -0.2) is 23.8 Å². The Morgan fingerprint density at radius 2 is 2.22 bits per heavy atom. The lowest BCUT2D eigenvalue weighted by Gasteiger charge is -2.30. The van der Waals surface area contributed by atoms with E-state index in [-0.39, 0.29) is 6.61 Å². The molecule has 18 heavy (non-hydrogen) atoms. The molecule has 0 aromatic heterocycles. The zero-order valence-corrected chi connectivity index (χ0v) is 11.2. The first-order valence-electron chi connectivity index (χ1n) is 5.31. The molecule has 2 atom stereocenters. The summed E-state index contributed by atoms with van der Waals surface area (Å²) < 4.78 is 11.7. The number of aliphatic carboxylic acids is 1. The van der Waals surface area contributed by atoms with E-state index < -0.39 is 18.0 Å². The number of hydrogen-bond donors (Lipinski definition) is 3.